The molecule has 0 spiro atoms. The van der Waals surface area contributed by atoms with Gasteiger partial charge in [0.1, 0.15) is 4.90 Å². The lowest BCUT2D eigenvalue weighted by Crippen LogP contribution is -2.27. The summed E-state index contributed by atoms with van der Waals surface area (Å²) >= 11 is 0. The number of hydrogen-bond acceptors (Lipinski definition) is 4. The molecule has 2 rings (SSSR count). The summed E-state index contributed by atoms with van der Waals surface area (Å²) in [7, 11) is -1.98. The smallest absolute Gasteiger partial charge is 0.246 e. The van der Waals surface area contributed by atoms with Crippen LogP contribution in [0.3, 0.4) is 0 Å². The van der Waals surface area contributed by atoms with Gasteiger partial charge in [-0.25, -0.2) is 8.42 Å². The monoisotopic (exact) mass is 339 g/mol. The maximum absolute atomic E-state index is 12.8. The Labute approximate surface area is 138 Å². The molecule has 2 heterocycles. The van der Waals surface area contributed by atoms with E-state index in [4.69, 9.17) is 0 Å². The molecule has 128 valence electrons. The van der Waals surface area contributed by atoms with Crippen LogP contribution >= 0.6 is 0 Å². The lowest BCUT2D eigenvalue weighted by atomic mass is 10.2. The van der Waals surface area contributed by atoms with Crippen molar-refractivity contribution in [2.45, 2.75) is 59.1 Å². The van der Waals surface area contributed by atoms with Crippen molar-refractivity contribution in [3.8, 4) is 0 Å². The third kappa shape index (κ3) is 3.05. The van der Waals surface area contributed by atoms with E-state index in [1.54, 1.807) is 18.7 Å². The molecule has 8 heteroatoms. The van der Waals surface area contributed by atoms with Crippen LogP contribution in [0, 0.1) is 20.8 Å². The maximum Gasteiger partial charge on any atom is 0.246 e. The average molecular weight is 339 g/mol. The Morgan fingerprint density at radius 3 is 2.17 bits per heavy atom. The van der Waals surface area contributed by atoms with Crippen molar-refractivity contribution in [1.29, 1.82) is 0 Å². The summed E-state index contributed by atoms with van der Waals surface area (Å²) in [5.41, 5.74) is 3.50. The fraction of sp³-hybridized carbons (Fsp3) is 0.600. The number of hydrogen-bond donors (Lipinski definition) is 0. The van der Waals surface area contributed by atoms with Crippen molar-refractivity contribution in [3.05, 3.63) is 28.8 Å². The second-order valence-corrected chi connectivity index (χ2v) is 7.65. The summed E-state index contributed by atoms with van der Waals surface area (Å²) in [6.45, 7) is 11.3. The highest BCUT2D eigenvalue weighted by Gasteiger charge is 2.27. The Morgan fingerprint density at radius 1 is 1.09 bits per heavy atom. The summed E-state index contributed by atoms with van der Waals surface area (Å²) in [5.74, 6) is 0. The number of sulfonamides is 1. The van der Waals surface area contributed by atoms with Gasteiger partial charge in [0.25, 0.3) is 0 Å². The van der Waals surface area contributed by atoms with Crippen LogP contribution in [0.4, 0.5) is 0 Å². The van der Waals surface area contributed by atoms with Gasteiger partial charge < -0.3 is 0 Å². The van der Waals surface area contributed by atoms with E-state index < -0.39 is 10.0 Å². The van der Waals surface area contributed by atoms with Crippen LogP contribution in [0.2, 0.25) is 0 Å². The van der Waals surface area contributed by atoms with Gasteiger partial charge in [0.2, 0.25) is 10.0 Å². The summed E-state index contributed by atoms with van der Waals surface area (Å²) in [6, 6.07) is 0. The zero-order chi connectivity index (χ0) is 17.4. The van der Waals surface area contributed by atoms with Gasteiger partial charge in [-0.05, 0) is 34.6 Å². The fourth-order valence-corrected chi connectivity index (χ4v) is 4.04. The molecule has 0 atom stereocenters. The molecular formula is C15H25N5O2S. The normalized spacial score (nSPS) is 12.3. The van der Waals surface area contributed by atoms with E-state index in [9.17, 15) is 8.42 Å². The largest absolute Gasteiger partial charge is 0.270 e. The van der Waals surface area contributed by atoms with Gasteiger partial charge in [0.05, 0.1) is 17.6 Å². The van der Waals surface area contributed by atoms with Crippen LogP contribution in [0.5, 0.6) is 0 Å². The van der Waals surface area contributed by atoms with Crippen LogP contribution < -0.4 is 0 Å². The molecule has 0 aromatic carbocycles. The van der Waals surface area contributed by atoms with Gasteiger partial charge >= 0.3 is 0 Å². The number of nitrogens with zero attached hydrogens (tertiary/aromatic N) is 5. The topological polar surface area (TPSA) is 73.0 Å². The van der Waals surface area contributed by atoms with Crippen molar-refractivity contribution in [1.82, 2.24) is 23.9 Å². The predicted molar refractivity (Wildman–Crippen MR) is 88.7 cm³/mol. The molecule has 0 bridgehead atoms. The number of rotatable bonds is 6. The van der Waals surface area contributed by atoms with Crippen molar-refractivity contribution in [2.24, 2.45) is 0 Å². The van der Waals surface area contributed by atoms with Gasteiger partial charge in [0, 0.05) is 37.9 Å². The zero-order valence-electron chi connectivity index (χ0n) is 14.7. The van der Waals surface area contributed by atoms with Crippen molar-refractivity contribution < 1.29 is 8.42 Å². The molecule has 0 radical (unpaired) electrons. The number of aryl methyl sites for hydroxylation is 3. The molecule has 0 aliphatic heterocycles. The van der Waals surface area contributed by atoms with Crippen LogP contribution in [-0.2, 0) is 29.7 Å². The molecule has 2 aromatic heterocycles. The predicted octanol–water partition coefficient (Wildman–Crippen LogP) is 1.87. The standard InChI is InChI=1S/C15H25N5O2S/c1-7-19-13(5)15(9-16-19)23(21,22)18(6)10-14-11(3)17-20(8-2)12(14)4/h9H,7-8,10H2,1-6H3. The molecule has 0 amide bonds. The van der Waals surface area contributed by atoms with Crippen LogP contribution in [0.1, 0.15) is 36.5 Å². The Morgan fingerprint density at radius 2 is 1.70 bits per heavy atom. The molecule has 0 aliphatic rings. The molecular weight excluding hydrogens is 314 g/mol. The van der Waals surface area contributed by atoms with E-state index in [1.807, 2.05) is 32.4 Å². The second kappa shape index (κ2) is 6.45. The summed E-state index contributed by atoms with van der Waals surface area (Å²) < 4.78 is 30.6. The third-order valence-corrected chi connectivity index (χ3v) is 6.16. The molecule has 0 fully saturated rings. The molecule has 0 saturated heterocycles. The van der Waals surface area contributed by atoms with Crippen LogP contribution in [0.15, 0.2) is 11.1 Å². The van der Waals surface area contributed by atoms with E-state index in [-0.39, 0.29) is 4.90 Å². The van der Waals surface area contributed by atoms with E-state index in [0.29, 0.717) is 18.8 Å². The molecule has 7 nitrogen and oxygen atoms in total. The van der Waals surface area contributed by atoms with Gasteiger partial charge in [-0.3, -0.25) is 9.36 Å². The first-order valence-corrected chi connectivity index (χ1v) is 9.19. The van der Waals surface area contributed by atoms with Crippen LogP contribution in [-0.4, -0.2) is 39.3 Å². The summed E-state index contributed by atoms with van der Waals surface area (Å²) in [4.78, 5) is 0.264. The first-order chi connectivity index (χ1) is 10.7. The Balaban J connectivity index is 2.34. The third-order valence-electron chi connectivity index (χ3n) is 4.26. The Hall–Kier alpha value is -1.67. The van der Waals surface area contributed by atoms with Gasteiger partial charge in [0.15, 0.2) is 0 Å². The Kier molecular flexibility index (Phi) is 4.95. The highest BCUT2D eigenvalue weighted by molar-refractivity contribution is 7.89. The first kappa shape index (κ1) is 17.7. The Bertz CT molecular complexity index is 804. The summed E-state index contributed by atoms with van der Waals surface area (Å²) in [5, 5.41) is 8.59. The molecule has 2 aromatic rings. The minimum absolute atomic E-state index is 0.264. The zero-order valence-corrected chi connectivity index (χ0v) is 15.5. The highest BCUT2D eigenvalue weighted by atomic mass is 32.2. The lowest BCUT2D eigenvalue weighted by molar-refractivity contribution is 0.464. The van der Waals surface area contributed by atoms with Crippen molar-refractivity contribution in [3.63, 3.8) is 0 Å². The second-order valence-electron chi connectivity index (χ2n) is 5.64. The first-order valence-electron chi connectivity index (χ1n) is 7.75. The summed E-state index contributed by atoms with van der Waals surface area (Å²) in [6.07, 6.45) is 1.43. The molecule has 0 aliphatic carbocycles. The van der Waals surface area contributed by atoms with Gasteiger partial charge in [-0.1, -0.05) is 0 Å². The average Bonchev–Trinajstić information content (AvgIpc) is 3.01. The molecule has 23 heavy (non-hydrogen) atoms. The van der Waals surface area contributed by atoms with Gasteiger partial charge in [-0.2, -0.15) is 14.5 Å². The van der Waals surface area contributed by atoms with Crippen molar-refractivity contribution in [2.75, 3.05) is 7.05 Å². The van der Waals surface area contributed by atoms with Crippen molar-refractivity contribution >= 4 is 10.0 Å². The van der Waals surface area contributed by atoms with Gasteiger partial charge in [-0.15, -0.1) is 0 Å². The molecule has 0 saturated carbocycles. The molecule has 0 N–H and O–H groups in total. The minimum atomic E-state index is -3.58. The number of aromatic nitrogens is 4. The lowest BCUT2D eigenvalue weighted by Gasteiger charge is -2.17. The van der Waals surface area contributed by atoms with Crippen LogP contribution in [0.25, 0.3) is 0 Å². The fourth-order valence-electron chi connectivity index (χ4n) is 2.75. The van der Waals surface area contributed by atoms with E-state index in [2.05, 4.69) is 10.2 Å². The molecule has 0 unspecified atom stereocenters. The van der Waals surface area contributed by atoms with E-state index in [1.165, 1.54) is 10.5 Å². The quantitative estimate of drug-likeness (QED) is 0.805. The minimum Gasteiger partial charge on any atom is -0.270 e. The highest BCUT2D eigenvalue weighted by Crippen LogP contribution is 2.22. The SMILES string of the molecule is CCn1ncc(S(=O)(=O)N(C)Cc2c(C)nn(CC)c2C)c1C. The van der Waals surface area contributed by atoms with E-state index >= 15 is 0 Å². The van der Waals surface area contributed by atoms with E-state index in [0.717, 1.165) is 23.5 Å². The maximum atomic E-state index is 12.8.